The summed E-state index contributed by atoms with van der Waals surface area (Å²) in [5, 5.41) is 9.38. The van der Waals surface area contributed by atoms with E-state index in [-0.39, 0.29) is 0 Å². The van der Waals surface area contributed by atoms with Gasteiger partial charge in [0.2, 0.25) is 0 Å². The second kappa shape index (κ2) is 8.24. The number of rotatable bonds is 6. The maximum atomic E-state index is 12.8. The van der Waals surface area contributed by atoms with Crippen molar-refractivity contribution in [2.24, 2.45) is 0 Å². The fraction of sp³-hybridized carbons (Fsp3) is 0.400. The van der Waals surface area contributed by atoms with Crippen LogP contribution in [0.1, 0.15) is 30.9 Å². The van der Waals surface area contributed by atoms with Crippen molar-refractivity contribution in [1.82, 2.24) is 5.06 Å². The van der Waals surface area contributed by atoms with Gasteiger partial charge in [0.1, 0.15) is 0 Å². The van der Waals surface area contributed by atoms with Gasteiger partial charge < -0.3 is 0 Å². The van der Waals surface area contributed by atoms with Crippen molar-refractivity contribution in [2.75, 3.05) is 12.8 Å². The molecule has 0 aromatic heterocycles. The number of carbonyl (C=O) groups excluding carboxylic acids is 1. The molecule has 0 heterocycles. The number of halogens is 3. The molecule has 1 aromatic carbocycles. The monoisotopic (exact) mass is 333 g/mol. The first-order valence-electron chi connectivity index (χ1n) is 6.74. The summed E-state index contributed by atoms with van der Waals surface area (Å²) < 4.78 is 38.4. The summed E-state index contributed by atoms with van der Waals surface area (Å²) in [6.45, 7) is 2.00. The van der Waals surface area contributed by atoms with Gasteiger partial charge in [-0.2, -0.15) is 13.2 Å². The van der Waals surface area contributed by atoms with Crippen LogP contribution in [0.25, 0.3) is 6.08 Å². The number of benzene rings is 1. The average molecular weight is 333 g/mol. The van der Waals surface area contributed by atoms with E-state index in [0.717, 1.165) is 31.1 Å². The highest BCUT2D eigenvalue weighted by Crippen LogP contribution is 2.34. The van der Waals surface area contributed by atoms with Crippen LogP contribution in [0.4, 0.5) is 13.2 Å². The van der Waals surface area contributed by atoms with Gasteiger partial charge in [0.15, 0.2) is 0 Å². The fourth-order valence-electron chi connectivity index (χ4n) is 1.57. The minimum Gasteiger partial charge on any atom is -0.286 e. The molecule has 122 valence electrons. The first-order chi connectivity index (χ1) is 10.3. The Morgan fingerprint density at radius 1 is 1.41 bits per heavy atom. The molecule has 0 aliphatic rings. The van der Waals surface area contributed by atoms with Crippen molar-refractivity contribution in [2.45, 2.75) is 30.8 Å². The second-order valence-corrected chi connectivity index (χ2v) is 5.78. The first-order valence-corrected chi connectivity index (χ1v) is 7.73. The van der Waals surface area contributed by atoms with Crippen LogP contribution in [-0.2, 0) is 11.0 Å². The molecule has 0 saturated carbocycles. The highest BCUT2D eigenvalue weighted by atomic mass is 32.2. The largest absolute Gasteiger partial charge is 0.416 e. The molecule has 0 bridgehead atoms. The number of amides is 1. The molecule has 1 aromatic rings. The van der Waals surface area contributed by atoms with Crippen LogP contribution in [0, 0.1) is 0 Å². The smallest absolute Gasteiger partial charge is 0.286 e. The van der Waals surface area contributed by atoms with Crippen LogP contribution in [0.5, 0.6) is 0 Å². The average Bonchev–Trinajstić information content (AvgIpc) is 2.44. The number of unbranched alkanes of at least 4 members (excludes halogenated alkanes) is 1. The topological polar surface area (TPSA) is 40.5 Å². The molecule has 3 nitrogen and oxygen atoms in total. The SMILES string of the molecule is CCCCSc1cc(C(F)(F)F)ccc1/C=C/C(=O)N(C)O. The van der Waals surface area contributed by atoms with Gasteiger partial charge in [-0.05, 0) is 35.9 Å². The van der Waals surface area contributed by atoms with Crippen LogP contribution in [0.15, 0.2) is 29.2 Å². The van der Waals surface area contributed by atoms with Gasteiger partial charge in [0, 0.05) is 18.0 Å². The number of hydrogen-bond donors (Lipinski definition) is 1. The Hall–Kier alpha value is -1.47. The molecule has 0 atom stereocenters. The molecule has 1 amide bonds. The molecule has 0 aliphatic carbocycles. The van der Waals surface area contributed by atoms with Gasteiger partial charge in [-0.15, -0.1) is 11.8 Å². The van der Waals surface area contributed by atoms with Gasteiger partial charge >= 0.3 is 6.18 Å². The highest BCUT2D eigenvalue weighted by Gasteiger charge is 2.30. The summed E-state index contributed by atoms with van der Waals surface area (Å²) in [7, 11) is 1.18. The maximum Gasteiger partial charge on any atom is 0.416 e. The van der Waals surface area contributed by atoms with E-state index in [1.165, 1.54) is 31.0 Å². The molecule has 22 heavy (non-hydrogen) atoms. The van der Waals surface area contributed by atoms with Crippen LogP contribution in [0.3, 0.4) is 0 Å². The number of nitrogens with zero attached hydrogens (tertiary/aromatic N) is 1. The number of likely N-dealkylation sites (N-methyl/N-ethyl adjacent to an activating group) is 1. The minimum absolute atomic E-state index is 0.407. The Bertz CT molecular complexity index is 542. The number of alkyl halides is 3. The predicted octanol–water partition coefficient (Wildman–Crippen LogP) is 4.46. The van der Waals surface area contributed by atoms with Gasteiger partial charge in [-0.1, -0.05) is 19.4 Å². The van der Waals surface area contributed by atoms with Gasteiger partial charge in [0.25, 0.3) is 5.91 Å². The summed E-state index contributed by atoms with van der Waals surface area (Å²) in [6, 6.07) is 3.40. The third kappa shape index (κ3) is 5.73. The summed E-state index contributed by atoms with van der Waals surface area (Å²) in [5.41, 5.74) is -0.196. The molecule has 0 fully saturated rings. The Morgan fingerprint density at radius 3 is 2.64 bits per heavy atom. The first kappa shape index (κ1) is 18.6. The van der Waals surface area contributed by atoms with Gasteiger partial charge in [0.05, 0.1) is 5.56 Å². The molecule has 0 aliphatic heterocycles. The Kier molecular flexibility index (Phi) is 6.96. The molecular formula is C15H18F3NO2S. The molecule has 1 N–H and O–H groups in total. The molecule has 0 unspecified atom stereocenters. The molecule has 0 radical (unpaired) electrons. The van der Waals surface area contributed by atoms with E-state index in [1.54, 1.807) is 0 Å². The lowest BCUT2D eigenvalue weighted by atomic mass is 10.1. The Labute approximate surface area is 131 Å². The van der Waals surface area contributed by atoms with Crippen LogP contribution in [0.2, 0.25) is 0 Å². The van der Waals surface area contributed by atoms with Crippen molar-refractivity contribution < 1.29 is 23.2 Å². The van der Waals surface area contributed by atoms with Crippen LogP contribution >= 0.6 is 11.8 Å². The number of hydrogen-bond acceptors (Lipinski definition) is 3. The van der Waals surface area contributed by atoms with Crippen molar-refractivity contribution in [3.63, 3.8) is 0 Å². The summed E-state index contributed by atoms with van der Waals surface area (Å²) >= 11 is 1.32. The summed E-state index contributed by atoms with van der Waals surface area (Å²) in [4.78, 5) is 11.8. The molecule has 1 rings (SSSR count). The zero-order chi connectivity index (χ0) is 16.8. The van der Waals surface area contributed by atoms with E-state index in [2.05, 4.69) is 0 Å². The fourth-order valence-corrected chi connectivity index (χ4v) is 2.73. The second-order valence-electron chi connectivity index (χ2n) is 4.65. The third-order valence-corrected chi connectivity index (χ3v) is 3.98. The van der Waals surface area contributed by atoms with E-state index in [1.807, 2.05) is 6.92 Å². The van der Waals surface area contributed by atoms with Crippen molar-refractivity contribution in [1.29, 1.82) is 0 Å². The van der Waals surface area contributed by atoms with Crippen LogP contribution in [-0.4, -0.2) is 29.0 Å². The normalized spacial score (nSPS) is 11.9. The minimum atomic E-state index is -4.40. The third-order valence-electron chi connectivity index (χ3n) is 2.82. The highest BCUT2D eigenvalue weighted by molar-refractivity contribution is 7.99. The van der Waals surface area contributed by atoms with Crippen molar-refractivity contribution >= 4 is 23.7 Å². The summed E-state index contributed by atoms with van der Waals surface area (Å²) in [5.74, 6) is 0.0522. The number of hydroxylamine groups is 2. The lowest BCUT2D eigenvalue weighted by Crippen LogP contribution is -2.19. The summed E-state index contributed by atoms with van der Waals surface area (Å²) in [6.07, 6.45) is -0.0350. The molecule has 7 heteroatoms. The Morgan fingerprint density at radius 2 is 2.09 bits per heavy atom. The standard InChI is InChI=1S/C15H18F3NO2S/c1-3-4-9-22-13-10-12(15(16,17)18)7-5-11(13)6-8-14(20)19(2)21/h5-8,10,21H,3-4,9H2,1-2H3/b8-6+. The molecular weight excluding hydrogens is 315 g/mol. The lowest BCUT2D eigenvalue weighted by Gasteiger charge is -2.11. The number of carbonyl (C=O) groups is 1. The lowest BCUT2D eigenvalue weighted by molar-refractivity contribution is -0.153. The zero-order valence-electron chi connectivity index (χ0n) is 12.4. The van der Waals surface area contributed by atoms with E-state index in [0.29, 0.717) is 21.3 Å². The zero-order valence-corrected chi connectivity index (χ0v) is 13.2. The number of thioether (sulfide) groups is 1. The van der Waals surface area contributed by atoms with E-state index in [9.17, 15) is 18.0 Å². The van der Waals surface area contributed by atoms with Crippen molar-refractivity contribution in [3.8, 4) is 0 Å². The van der Waals surface area contributed by atoms with E-state index >= 15 is 0 Å². The Balaban J connectivity index is 3.06. The van der Waals surface area contributed by atoms with Gasteiger partial charge in [-0.3, -0.25) is 10.0 Å². The quantitative estimate of drug-likeness (QED) is 0.275. The van der Waals surface area contributed by atoms with Gasteiger partial charge in [-0.25, -0.2) is 5.06 Å². The molecule has 0 saturated heterocycles. The van der Waals surface area contributed by atoms with Crippen molar-refractivity contribution in [3.05, 3.63) is 35.4 Å². The van der Waals surface area contributed by atoms with Crippen LogP contribution < -0.4 is 0 Å². The van der Waals surface area contributed by atoms with E-state index < -0.39 is 17.6 Å². The predicted molar refractivity (Wildman–Crippen MR) is 80.7 cm³/mol. The molecule has 0 spiro atoms. The van der Waals surface area contributed by atoms with E-state index in [4.69, 9.17) is 5.21 Å². The maximum absolute atomic E-state index is 12.8.